The standard InChI is InChI=1S/C21H27NO4/c1-15-6-8-18(12-16(15)2)26-14-21(23)22(3)11-10-17-7-9-19(24-4)20(13-17)25-5/h6-9,12-13H,10-11,14H2,1-5H3. The molecule has 0 aliphatic heterocycles. The van der Waals surface area contributed by atoms with Crippen molar-refractivity contribution in [1.82, 2.24) is 4.90 Å². The Balaban J connectivity index is 1.86. The van der Waals surface area contributed by atoms with Crippen molar-refractivity contribution >= 4 is 5.91 Å². The number of ether oxygens (including phenoxy) is 3. The van der Waals surface area contributed by atoms with E-state index in [9.17, 15) is 4.79 Å². The third kappa shape index (κ3) is 5.15. The Kier molecular flexibility index (Phi) is 6.89. The van der Waals surface area contributed by atoms with E-state index < -0.39 is 0 Å². The van der Waals surface area contributed by atoms with E-state index in [0.717, 1.165) is 23.3 Å². The van der Waals surface area contributed by atoms with Gasteiger partial charge in [-0.25, -0.2) is 0 Å². The van der Waals surface area contributed by atoms with E-state index in [1.165, 1.54) is 5.56 Å². The predicted molar refractivity (Wildman–Crippen MR) is 102 cm³/mol. The van der Waals surface area contributed by atoms with Crippen LogP contribution in [0.1, 0.15) is 16.7 Å². The lowest BCUT2D eigenvalue weighted by Gasteiger charge is -2.18. The van der Waals surface area contributed by atoms with Gasteiger partial charge in [-0.15, -0.1) is 0 Å². The first-order valence-corrected chi connectivity index (χ1v) is 8.59. The molecule has 0 saturated heterocycles. The number of amides is 1. The van der Waals surface area contributed by atoms with Crippen LogP contribution >= 0.6 is 0 Å². The van der Waals surface area contributed by atoms with Crippen molar-refractivity contribution in [3.8, 4) is 17.2 Å². The van der Waals surface area contributed by atoms with Crippen molar-refractivity contribution in [2.75, 3.05) is 34.4 Å². The highest BCUT2D eigenvalue weighted by Crippen LogP contribution is 2.27. The third-order valence-corrected chi connectivity index (χ3v) is 4.45. The van der Waals surface area contributed by atoms with Crippen LogP contribution in [-0.4, -0.2) is 45.2 Å². The van der Waals surface area contributed by atoms with Crippen molar-refractivity contribution in [3.05, 3.63) is 53.1 Å². The molecule has 2 aromatic rings. The van der Waals surface area contributed by atoms with Crippen LogP contribution in [-0.2, 0) is 11.2 Å². The van der Waals surface area contributed by atoms with Crippen LogP contribution in [0.4, 0.5) is 0 Å². The molecule has 0 aliphatic carbocycles. The maximum absolute atomic E-state index is 12.3. The second kappa shape index (κ2) is 9.13. The molecule has 2 aromatic carbocycles. The fourth-order valence-electron chi connectivity index (χ4n) is 2.52. The first-order chi connectivity index (χ1) is 12.4. The zero-order chi connectivity index (χ0) is 19.1. The number of methoxy groups -OCH3 is 2. The van der Waals surface area contributed by atoms with Crippen LogP contribution in [0, 0.1) is 13.8 Å². The Morgan fingerprint density at radius 1 is 0.962 bits per heavy atom. The largest absolute Gasteiger partial charge is 0.493 e. The van der Waals surface area contributed by atoms with Gasteiger partial charge < -0.3 is 19.1 Å². The number of rotatable bonds is 8. The molecule has 0 unspecified atom stereocenters. The summed E-state index contributed by atoms with van der Waals surface area (Å²) in [6.45, 7) is 4.71. The Bertz CT molecular complexity index is 758. The SMILES string of the molecule is COc1ccc(CCN(C)C(=O)COc2ccc(C)c(C)c2)cc1OC. The van der Waals surface area contributed by atoms with Gasteiger partial charge >= 0.3 is 0 Å². The molecule has 0 atom stereocenters. The maximum atomic E-state index is 12.3. The lowest BCUT2D eigenvalue weighted by atomic mass is 10.1. The summed E-state index contributed by atoms with van der Waals surface area (Å²) >= 11 is 0. The van der Waals surface area contributed by atoms with Gasteiger partial charge in [0, 0.05) is 13.6 Å². The highest BCUT2D eigenvalue weighted by molar-refractivity contribution is 5.77. The number of aryl methyl sites for hydroxylation is 2. The Morgan fingerprint density at radius 3 is 2.35 bits per heavy atom. The van der Waals surface area contributed by atoms with Crippen molar-refractivity contribution in [3.63, 3.8) is 0 Å². The lowest BCUT2D eigenvalue weighted by molar-refractivity contribution is -0.132. The zero-order valence-electron chi connectivity index (χ0n) is 16.2. The zero-order valence-corrected chi connectivity index (χ0v) is 16.2. The summed E-state index contributed by atoms with van der Waals surface area (Å²) in [7, 11) is 5.01. The van der Waals surface area contributed by atoms with Gasteiger partial charge in [-0.1, -0.05) is 12.1 Å². The van der Waals surface area contributed by atoms with Gasteiger partial charge in [0.05, 0.1) is 14.2 Å². The lowest BCUT2D eigenvalue weighted by Crippen LogP contribution is -2.33. The van der Waals surface area contributed by atoms with E-state index in [1.807, 2.05) is 50.2 Å². The van der Waals surface area contributed by atoms with Crippen molar-refractivity contribution in [2.24, 2.45) is 0 Å². The van der Waals surface area contributed by atoms with Gasteiger partial charge in [-0.05, 0) is 61.2 Å². The molecule has 5 nitrogen and oxygen atoms in total. The highest BCUT2D eigenvalue weighted by atomic mass is 16.5. The second-order valence-corrected chi connectivity index (χ2v) is 6.29. The monoisotopic (exact) mass is 357 g/mol. The normalized spacial score (nSPS) is 10.3. The number of carbonyl (C=O) groups excluding carboxylic acids is 1. The Morgan fingerprint density at radius 2 is 1.69 bits per heavy atom. The van der Waals surface area contributed by atoms with Crippen LogP contribution in [0.25, 0.3) is 0 Å². The molecule has 5 heteroatoms. The van der Waals surface area contributed by atoms with Crippen molar-refractivity contribution < 1.29 is 19.0 Å². The topological polar surface area (TPSA) is 48.0 Å². The minimum atomic E-state index is -0.0521. The molecule has 2 rings (SSSR count). The molecule has 0 aromatic heterocycles. The van der Waals surface area contributed by atoms with E-state index in [1.54, 1.807) is 26.2 Å². The van der Waals surface area contributed by atoms with Crippen LogP contribution in [0.15, 0.2) is 36.4 Å². The number of carbonyl (C=O) groups is 1. The molecule has 26 heavy (non-hydrogen) atoms. The fourth-order valence-corrected chi connectivity index (χ4v) is 2.52. The summed E-state index contributed by atoms with van der Waals surface area (Å²) in [4.78, 5) is 13.9. The molecular weight excluding hydrogens is 330 g/mol. The number of hydrogen-bond acceptors (Lipinski definition) is 4. The molecule has 0 spiro atoms. The van der Waals surface area contributed by atoms with Crippen molar-refractivity contribution in [2.45, 2.75) is 20.3 Å². The van der Waals surface area contributed by atoms with E-state index in [2.05, 4.69) is 0 Å². The minimum absolute atomic E-state index is 0.0327. The molecule has 1 amide bonds. The first kappa shape index (κ1) is 19.6. The number of nitrogens with zero attached hydrogens (tertiary/aromatic N) is 1. The summed E-state index contributed by atoms with van der Waals surface area (Å²) in [5.74, 6) is 2.05. The van der Waals surface area contributed by atoms with Crippen LogP contribution in [0.3, 0.4) is 0 Å². The summed E-state index contributed by atoms with van der Waals surface area (Å²) in [5, 5.41) is 0. The van der Waals surface area contributed by atoms with E-state index >= 15 is 0 Å². The molecule has 0 radical (unpaired) electrons. The molecule has 0 saturated carbocycles. The van der Waals surface area contributed by atoms with Crippen LogP contribution in [0.5, 0.6) is 17.2 Å². The average molecular weight is 357 g/mol. The molecule has 0 aliphatic rings. The summed E-state index contributed by atoms with van der Waals surface area (Å²) in [6, 6.07) is 11.6. The summed E-state index contributed by atoms with van der Waals surface area (Å²) in [6.07, 6.45) is 0.728. The number of likely N-dealkylation sites (N-methyl/N-ethyl adjacent to an activating group) is 1. The van der Waals surface area contributed by atoms with Gasteiger partial charge in [-0.2, -0.15) is 0 Å². The van der Waals surface area contributed by atoms with Gasteiger partial charge in [-0.3, -0.25) is 4.79 Å². The number of hydrogen-bond donors (Lipinski definition) is 0. The van der Waals surface area contributed by atoms with E-state index in [4.69, 9.17) is 14.2 Å². The summed E-state index contributed by atoms with van der Waals surface area (Å²) < 4.78 is 16.2. The van der Waals surface area contributed by atoms with Crippen LogP contribution in [0.2, 0.25) is 0 Å². The molecule has 0 N–H and O–H groups in total. The average Bonchev–Trinajstić information content (AvgIpc) is 2.66. The fraction of sp³-hybridized carbons (Fsp3) is 0.381. The first-order valence-electron chi connectivity index (χ1n) is 8.59. The molecule has 0 heterocycles. The quantitative estimate of drug-likeness (QED) is 0.726. The summed E-state index contributed by atoms with van der Waals surface area (Å²) in [5.41, 5.74) is 3.44. The second-order valence-electron chi connectivity index (χ2n) is 6.29. The van der Waals surface area contributed by atoms with Gasteiger partial charge in [0.25, 0.3) is 5.91 Å². The predicted octanol–water partition coefficient (Wildman–Crippen LogP) is 3.40. The number of benzene rings is 2. The molecule has 140 valence electrons. The minimum Gasteiger partial charge on any atom is -0.493 e. The smallest absolute Gasteiger partial charge is 0.260 e. The van der Waals surface area contributed by atoms with Crippen LogP contribution < -0.4 is 14.2 Å². The van der Waals surface area contributed by atoms with E-state index in [-0.39, 0.29) is 12.5 Å². The van der Waals surface area contributed by atoms with E-state index in [0.29, 0.717) is 18.0 Å². The Labute approximate surface area is 155 Å². The molecule has 0 fully saturated rings. The molecular formula is C21H27NO4. The third-order valence-electron chi connectivity index (χ3n) is 4.45. The van der Waals surface area contributed by atoms with Gasteiger partial charge in [0.15, 0.2) is 18.1 Å². The molecule has 0 bridgehead atoms. The maximum Gasteiger partial charge on any atom is 0.260 e. The van der Waals surface area contributed by atoms with Crippen molar-refractivity contribution in [1.29, 1.82) is 0 Å². The van der Waals surface area contributed by atoms with Gasteiger partial charge in [0.2, 0.25) is 0 Å². The Hall–Kier alpha value is -2.69. The highest BCUT2D eigenvalue weighted by Gasteiger charge is 2.11. The van der Waals surface area contributed by atoms with Gasteiger partial charge in [0.1, 0.15) is 5.75 Å².